The first kappa shape index (κ1) is 77.6. The molecule has 0 bridgehead atoms. The average Bonchev–Trinajstić information content (AvgIpc) is 4.41. The van der Waals surface area contributed by atoms with Gasteiger partial charge in [-0.25, -0.2) is 52.3 Å². The summed E-state index contributed by atoms with van der Waals surface area (Å²) in [6.45, 7) is 37.6. The first-order valence-corrected chi connectivity index (χ1v) is 35.5. The Balaban J connectivity index is 0.000000306. The highest BCUT2D eigenvalue weighted by Gasteiger charge is 2.40. The van der Waals surface area contributed by atoms with E-state index in [0.717, 1.165) is 16.4 Å². The van der Waals surface area contributed by atoms with Gasteiger partial charge in [-0.05, 0) is 126 Å². The van der Waals surface area contributed by atoms with Crippen molar-refractivity contribution in [3.8, 4) is 0 Å². The van der Waals surface area contributed by atoms with Crippen LogP contribution in [-0.2, 0) is 50.4 Å². The summed E-state index contributed by atoms with van der Waals surface area (Å²) in [7, 11) is -0.473. The molecule has 0 saturated carbocycles. The van der Waals surface area contributed by atoms with Crippen LogP contribution in [0.15, 0.2) is 21.5 Å². The number of carbonyl (C=O) groups is 4. The lowest BCUT2D eigenvalue weighted by Crippen LogP contribution is -2.50. The molecule has 22 nitrogen and oxygen atoms in total. The van der Waals surface area contributed by atoms with Crippen molar-refractivity contribution in [2.45, 2.75) is 208 Å². The zero-order valence-corrected chi connectivity index (χ0v) is 59.2. The zero-order chi connectivity index (χ0) is 65.5. The van der Waals surface area contributed by atoms with E-state index in [1.54, 1.807) is 49.2 Å². The van der Waals surface area contributed by atoms with Gasteiger partial charge in [-0.1, -0.05) is 55.4 Å². The number of aliphatic hydroxyl groups excluding tert-OH is 2. The molecule has 2 fully saturated rings. The number of ether oxygens (including phenoxy) is 6. The van der Waals surface area contributed by atoms with Crippen molar-refractivity contribution < 1.29 is 66.2 Å². The number of nitrogens with one attached hydrogen (secondary N) is 3. The van der Waals surface area contributed by atoms with E-state index < -0.39 is 52.1 Å². The van der Waals surface area contributed by atoms with Crippen molar-refractivity contribution in [2.24, 2.45) is 23.7 Å². The molecule has 4 aromatic rings. The SMILES string of the molecule is CCOC(=O)c1csc([C@H](O)C[C@@H](NC)C(C)C)n1.CCOC(=O)c1csc([C@H](O)C[C@@H](N[S@@](=O)C(C)(C)C)C(C)C)n1.CCOC(=O)c1csc([C@H]2C[C@H](C(C)C)N([S@@](=O)C(C)(C)C)CO2)n1.CCOC(=O)c1csc([C@H]2C[C@H](C(C)C)NCO2)n1. The van der Waals surface area contributed by atoms with Gasteiger partial charge in [0.25, 0.3) is 0 Å². The molecule has 0 aliphatic carbocycles. The Bertz CT molecular complexity index is 2750. The number of aliphatic hydroxyl groups is 2. The summed E-state index contributed by atoms with van der Waals surface area (Å²) in [5, 5.41) is 36.4. The third-order valence-corrected chi connectivity index (χ3v) is 20.8. The van der Waals surface area contributed by atoms with Gasteiger partial charge in [0.2, 0.25) is 0 Å². The maximum Gasteiger partial charge on any atom is 0.357 e. The molecular formula is C59H98N8O14S6. The second-order valence-corrected chi connectivity index (χ2v) is 31.6. The molecule has 0 aromatic carbocycles. The number of carbonyl (C=O) groups excluding carboxylic acids is 4. The lowest BCUT2D eigenvalue weighted by molar-refractivity contribution is -0.0694. The van der Waals surface area contributed by atoms with Crippen LogP contribution in [-0.4, -0.2) is 147 Å². The molecule has 0 spiro atoms. The van der Waals surface area contributed by atoms with Crippen LogP contribution in [0.25, 0.3) is 0 Å². The molecule has 2 aliphatic heterocycles. The van der Waals surface area contributed by atoms with Crippen LogP contribution < -0.4 is 15.4 Å². The monoisotopic (exact) mass is 1330 g/mol. The van der Waals surface area contributed by atoms with Crippen LogP contribution in [0, 0.1) is 23.7 Å². The van der Waals surface area contributed by atoms with Gasteiger partial charge in [-0.15, -0.1) is 45.3 Å². The highest BCUT2D eigenvalue weighted by Crippen LogP contribution is 2.37. The molecule has 6 heterocycles. The van der Waals surface area contributed by atoms with Gasteiger partial charge in [-0.2, -0.15) is 4.31 Å². The molecule has 28 heteroatoms. The molecule has 10 atom stereocenters. The maximum absolute atomic E-state index is 12.8. The van der Waals surface area contributed by atoms with Crippen LogP contribution in [0.2, 0.25) is 0 Å². The molecule has 494 valence electrons. The van der Waals surface area contributed by atoms with Gasteiger partial charge >= 0.3 is 23.9 Å². The third kappa shape index (κ3) is 25.2. The van der Waals surface area contributed by atoms with E-state index >= 15 is 0 Å². The molecule has 2 aliphatic rings. The highest BCUT2D eigenvalue weighted by molar-refractivity contribution is 7.84. The number of esters is 4. The van der Waals surface area contributed by atoms with E-state index in [-0.39, 0.29) is 69.7 Å². The van der Waals surface area contributed by atoms with Gasteiger partial charge < -0.3 is 44.0 Å². The van der Waals surface area contributed by atoms with E-state index in [1.165, 1.54) is 45.3 Å². The largest absolute Gasteiger partial charge is 0.461 e. The number of nitrogens with zero attached hydrogens (tertiary/aromatic N) is 5. The van der Waals surface area contributed by atoms with Crippen molar-refractivity contribution in [3.63, 3.8) is 0 Å². The molecule has 6 rings (SSSR count). The van der Waals surface area contributed by atoms with Crippen molar-refractivity contribution >= 4 is 91.2 Å². The topological polar surface area (TPSA) is 289 Å². The van der Waals surface area contributed by atoms with E-state index in [2.05, 4.69) is 76.8 Å². The smallest absolute Gasteiger partial charge is 0.357 e. The molecule has 87 heavy (non-hydrogen) atoms. The summed E-state index contributed by atoms with van der Waals surface area (Å²) in [5.74, 6) is -0.195. The quantitative estimate of drug-likeness (QED) is 0.0322. The summed E-state index contributed by atoms with van der Waals surface area (Å²) in [6.07, 6.45) is 0.834. The minimum atomic E-state index is -1.22. The highest BCUT2D eigenvalue weighted by atomic mass is 32.2. The van der Waals surface area contributed by atoms with Crippen LogP contribution in [0.3, 0.4) is 0 Å². The van der Waals surface area contributed by atoms with Gasteiger partial charge in [0, 0.05) is 45.7 Å². The Morgan fingerprint density at radius 2 is 1.02 bits per heavy atom. The minimum Gasteiger partial charge on any atom is -0.461 e. The van der Waals surface area contributed by atoms with Crippen LogP contribution in [0.4, 0.5) is 0 Å². The van der Waals surface area contributed by atoms with Crippen LogP contribution >= 0.6 is 45.3 Å². The Morgan fingerprint density at radius 1 is 0.621 bits per heavy atom. The summed E-state index contributed by atoms with van der Waals surface area (Å²) in [5.41, 5.74) is 1.19. The summed E-state index contributed by atoms with van der Waals surface area (Å²) in [6, 6.07) is 0.641. The first-order chi connectivity index (χ1) is 40.8. The van der Waals surface area contributed by atoms with E-state index in [9.17, 15) is 37.8 Å². The Labute approximate surface area is 537 Å². The molecule has 0 radical (unpaired) electrons. The fraction of sp³-hybridized carbons (Fsp3) is 0.729. The normalized spacial score (nSPS) is 19.5. The predicted octanol–water partition coefficient (Wildman–Crippen LogP) is 10.7. The Morgan fingerprint density at radius 3 is 1.39 bits per heavy atom. The predicted molar refractivity (Wildman–Crippen MR) is 346 cm³/mol. The van der Waals surface area contributed by atoms with E-state index in [1.807, 2.05) is 66.7 Å². The minimum absolute atomic E-state index is 0.0261. The number of hydrogen-bond donors (Lipinski definition) is 5. The van der Waals surface area contributed by atoms with Gasteiger partial charge in [-0.3, -0.25) is 5.32 Å². The molecule has 4 aromatic heterocycles. The van der Waals surface area contributed by atoms with Crippen molar-refractivity contribution in [1.82, 2.24) is 39.6 Å². The van der Waals surface area contributed by atoms with E-state index in [4.69, 9.17) is 28.4 Å². The number of aromatic nitrogens is 4. The standard InChI is InChI=1S/C17H28N2O4S2.C16H28N2O4S2.C13H20N2O3S.C13H22N2O3S/c1-7-22-16(20)12-9-24-15(18-12)14-8-13(11(2)3)19(10-23-14)25(21)17(4,5)6;1-7-22-15(20)12-9-23-14(17-12)13(19)8-11(10(2)3)18-24(21)16(4,5)6;1-4-17-13(16)10-6-19-12(15-10)11-5-9(8(2)3)14-7-18-11;1-5-18-13(17)10-7-19-12(15-10)11(16)6-9(14-4)8(2)3/h9,11,13-14H,7-8,10H2,1-6H3;9-11,13,18-19H,7-8H2,1-6H3;6,8-9,11,14H,4-5,7H2,1-3H3;7-9,11,14,16H,5-6H2,1-4H3/t13-,14-,25+;11-,13-,24+;2*9-,11-/m1111/s1. The van der Waals surface area contributed by atoms with Crippen molar-refractivity contribution in [1.29, 1.82) is 0 Å². The lowest BCUT2D eigenvalue weighted by atomic mass is 9.97. The molecular weight excluding hydrogens is 1240 g/mol. The van der Waals surface area contributed by atoms with E-state index in [0.29, 0.717) is 97.7 Å². The summed E-state index contributed by atoms with van der Waals surface area (Å²) < 4.78 is 60.8. The van der Waals surface area contributed by atoms with Gasteiger partial charge in [0.1, 0.15) is 62.2 Å². The maximum atomic E-state index is 12.8. The zero-order valence-electron chi connectivity index (χ0n) is 54.3. The second kappa shape index (κ2) is 37.6. The van der Waals surface area contributed by atoms with Gasteiger partial charge in [0.05, 0.1) is 53.6 Å². The van der Waals surface area contributed by atoms with Crippen LogP contribution in [0.5, 0.6) is 0 Å². The molecule has 2 saturated heterocycles. The fourth-order valence-corrected chi connectivity index (χ4v) is 14.1. The molecule has 0 unspecified atom stereocenters. The average molecular weight is 1340 g/mol. The number of thiazole rings is 4. The fourth-order valence-electron chi connectivity index (χ4n) is 8.41. The van der Waals surface area contributed by atoms with Crippen molar-refractivity contribution in [3.05, 3.63) is 64.3 Å². The number of hydrogen-bond acceptors (Lipinski definition) is 24. The molecule has 0 amide bonds. The van der Waals surface area contributed by atoms with Crippen LogP contribution in [0.1, 0.15) is 237 Å². The second-order valence-electron chi connectivity index (χ2n) is 23.9. The Kier molecular flexibility index (Phi) is 33.6. The first-order valence-electron chi connectivity index (χ1n) is 29.7. The van der Waals surface area contributed by atoms with Crippen molar-refractivity contribution in [2.75, 3.05) is 46.9 Å². The lowest BCUT2D eigenvalue weighted by Gasteiger charge is -2.42. The summed E-state index contributed by atoms with van der Waals surface area (Å²) in [4.78, 5) is 63.6. The third-order valence-electron chi connectivity index (χ3n) is 13.5. The summed E-state index contributed by atoms with van der Waals surface area (Å²) >= 11 is 5.38. The van der Waals surface area contributed by atoms with Gasteiger partial charge in [0.15, 0.2) is 22.8 Å². The Hall–Kier alpha value is -3.62. The molecule has 5 N–H and O–H groups in total. The number of rotatable bonds is 24.